The van der Waals surface area contributed by atoms with Crippen molar-refractivity contribution < 1.29 is 0 Å². The first-order chi connectivity index (χ1) is 19.7. The first-order valence-electron chi connectivity index (χ1n) is 13.9. The molecule has 1 atom stereocenters. The number of fused-ring (bicyclic) bond motifs is 6. The molecule has 1 spiro atoms. The van der Waals surface area contributed by atoms with Gasteiger partial charge in [0.15, 0.2) is 0 Å². The van der Waals surface area contributed by atoms with Crippen molar-refractivity contribution in [3.05, 3.63) is 96.5 Å². The lowest BCUT2D eigenvalue weighted by molar-refractivity contribution is 0.349. The molecule has 7 rings (SSSR count). The zero-order valence-electron chi connectivity index (χ0n) is 23.9. The molecule has 42 heavy (non-hydrogen) atoms. The molecule has 3 aromatic carbocycles. The molecule has 1 aromatic heterocycles. The Hall–Kier alpha value is -2.76. The minimum Gasteiger partial charge on any atom is -0.299 e. The van der Waals surface area contributed by atoms with E-state index in [1.165, 1.54) is 22.3 Å². The van der Waals surface area contributed by atoms with Gasteiger partial charge in [-0.1, -0.05) is 80.2 Å². The van der Waals surface area contributed by atoms with E-state index in [-0.39, 0.29) is 22.0 Å². The van der Waals surface area contributed by atoms with Crippen LogP contribution in [0.1, 0.15) is 68.4 Å². The van der Waals surface area contributed by atoms with Crippen molar-refractivity contribution in [1.82, 2.24) is 9.97 Å². The van der Waals surface area contributed by atoms with Crippen LogP contribution in [0, 0.1) is 12.3 Å². The second kappa shape index (κ2) is 9.12. The van der Waals surface area contributed by atoms with Crippen molar-refractivity contribution in [2.45, 2.75) is 63.7 Å². The quantitative estimate of drug-likeness (QED) is 0.167. The minimum absolute atomic E-state index is 0.0629. The second-order valence-corrected chi connectivity index (χ2v) is 14.8. The summed E-state index contributed by atoms with van der Waals surface area (Å²) in [6.45, 7) is 11.4. The maximum absolute atomic E-state index is 8.39. The normalized spacial score (nSPS) is 23.1. The average Bonchev–Trinajstić information content (AvgIpc) is 3.24. The Bertz CT molecular complexity index is 2020. The van der Waals surface area contributed by atoms with Gasteiger partial charge < -0.3 is 0 Å². The van der Waals surface area contributed by atoms with E-state index in [2.05, 4.69) is 58.9 Å². The molecule has 4 nitrogen and oxygen atoms in total. The van der Waals surface area contributed by atoms with Crippen molar-refractivity contribution >= 4 is 85.6 Å². The number of aryl methyl sites for hydroxylation is 1. The highest BCUT2D eigenvalue weighted by atomic mass is 35.5. The van der Waals surface area contributed by atoms with Crippen molar-refractivity contribution in [2.24, 2.45) is 4.99 Å². The Morgan fingerprint density at radius 1 is 0.667 bits per heavy atom. The van der Waals surface area contributed by atoms with Crippen molar-refractivity contribution in [1.29, 1.82) is 5.41 Å². The first-order valence-corrected chi connectivity index (χ1v) is 15.4. The Morgan fingerprint density at radius 3 is 1.74 bits per heavy atom. The van der Waals surface area contributed by atoms with Gasteiger partial charge in [-0.3, -0.25) is 5.41 Å². The SMILES string of the molecule is Cc1cc2c(cc1N=C1C=C(Cl)C(Cl)=CC1=N)C(C)(C)CC21CC(C)(C)c2cc3nc4cc(Cl)c(Cl)cc4nc3cc21. The summed E-state index contributed by atoms with van der Waals surface area (Å²) in [4.78, 5) is 14.8. The standard InChI is InChI=1S/C34H28Cl4N4/c1-16-6-19-17(7-26(16)40-27-11-22(36)21(35)10-25(27)39)32(2,3)14-34(19)15-33(4,5)18-8-28-29(9-20(18)34)42-31-13-24(38)23(37)12-30(31)41-28/h6-13,39H,14-15H2,1-5H3. The van der Waals surface area contributed by atoms with Gasteiger partial charge in [-0.25, -0.2) is 15.0 Å². The van der Waals surface area contributed by atoms with Gasteiger partial charge >= 0.3 is 0 Å². The van der Waals surface area contributed by atoms with Gasteiger partial charge in [-0.15, -0.1) is 0 Å². The smallest absolute Gasteiger partial charge is 0.0910 e. The highest BCUT2D eigenvalue weighted by molar-refractivity contribution is 6.57. The number of halogens is 4. The lowest BCUT2D eigenvalue weighted by Crippen LogP contribution is -2.27. The Morgan fingerprint density at radius 2 is 1.14 bits per heavy atom. The predicted molar refractivity (Wildman–Crippen MR) is 177 cm³/mol. The molecule has 0 saturated heterocycles. The molecule has 3 aliphatic rings. The largest absolute Gasteiger partial charge is 0.299 e. The fourth-order valence-corrected chi connectivity index (χ4v) is 8.13. The van der Waals surface area contributed by atoms with Gasteiger partial charge in [0, 0.05) is 5.41 Å². The third kappa shape index (κ3) is 4.10. The van der Waals surface area contributed by atoms with E-state index in [0.717, 1.165) is 46.2 Å². The first kappa shape index (κ1) is 28.0. The lowest BCUT2D eigenvalue weighted by Gasteiger charge is -2.30. The van der Waals surface area contributed by atoms with Gasteiger partial charge in [0.05, 0.1) is 59.3 Å². The van der Waals surface area contributed by atoms with E-state index in [4.69, 9.17) is 66.8 Å². The van der Waals surface area contributed by atoms with Crippen molar-refractivity contribution in [3.63, 3.8) is 0 Å². The maximum atomic E-state index is 8.39. The molecule has 0 aliphatic heterocycles. The van der Waals surface area contributed by atoms with Gasteiger partial charge in [0.25, 0.3) is 0 Å². The molecule has 8 heteroatoms. The number of nitrogens with one attached hydrogen (secondary N) is 1. The number of rotatable bonds is 1. The number of aliphatic imine (C=N–C) groups is 1. The van der Waals surface area contributed by atoms with E-state index in [9.17, 15) is 0 Å². The molecule has 3 aliphatic carbocycles. The Labute approximate surface area is 265 Å². The van der Waals surface area contributed by atoms with E-state index >= 15 is 0 Å². The molecule has 4 aromatic rings. The zero-order chi connectivity index (χ0) is 29.9. The molecule has 0 amide bonds. The van der Waals surface area contributed by atoms with Crippen LogP contribution in [-0.4, -0.2) is 21.4 Å². The summed E-state index contributed by atoms with van der Waals surface area (Å²) < 4.78 is 0. The van der Waals surface area contributed by atoms with Crippen LogP contribution in [0.3, 0.4) is 0 Å². The van der Waals surface area contributed by atoms with Crippen LogP contribution < -0.4 is 0 Å². The summed E-state index contributed by atoms with van der Waals surface area (Å²) in [7, 11) is 0. The van der Waals surface area contributed by atoms with E-state index in [1.807, 2.05) is 0 Å². The number of nitrogens with zero attached hydrogens (tertiary/aromatic N) is 3. The van der Waals surface area contributed by atoms with Crippen LogP contribution in [-0.2, 0) is 16.2 Å². The topological polar surface area (TPSA) is 62.0 Å². The predicted octanol–water partition coefficient (Wildman–Crippen LogP) is 10.4. The molecular weight excluding hydrogens is 606 g/mol. The molecule has 0 radical (unpaired) electrons. The van der Waals surface area contributed by atoms with E-state index in [0.29, 0.717) is 25.8 Å². The summed E-state index contributed by atoms with van der Waals surface area (Å²) in [5.74, 6) is 0. The summed E-state index contributed by atoms with van der Waals surface area (Å²) >= 11 is 25.0. The zero-order valence-corrected chi connectivity index (χ0v) is 26.9. The van der Waals surface area contributed by atoms with Gasteiger partial charge in [0.1, 0.15) is 0 Å². The fraction of sp³-hybridized carbons (Fsp3) is 0.294. The van der Waals surface area contributed by atoms with Crippen molar-refractivity contribution in [3.8, 4) is 0 Å². The van der Waals surface area contributed by atoms with E-state index in [1.54, 1.807) is 24.3 Å². The minimum atomic E-state index is -0.173. The molecule has 0 saturated carbocycles. The summed E-state index contributed by atoms with van der Waals surface area (Å²) in [5, 5.41) is 10.1. The molecule has 0 bridgehead atoms. The number of allylic oxidation sites excluding steroid dienone is 4. The third-order valence-electron chi connectivity index (χ3n) is 9.21. The summed E-state index contributed by atoms with van der Waals surface area (Å²) in [6.07, 6.45) is 5.16. The molecule has 1 unspecified atom stereocenters. The van der Waals surface area contributed by atoms with Crippen LogP contribution in [0.2, 0.25) is 10.0 Å². The fourth-order valence-electron chi connectivity index (χ4n) is 7.50. The second-order valence-electron chi connectivity index (χ2n) is 13.1. The van der Waals surface area contributed by atoms with Gasteiger partial charge in [0.2, 0.25) is 0 Å². The van der Waals surface area contributed by atoms with Crippen LogP contribution in [0.4, 0.5) is 5.69 Å². The number of benzene rings is 3. The van der Waals surface area contributed by atoms with Crippen LogP contribution in [0.5, 0.6) is 0 Å². The molecule has 0 fully saturated rings. The summed E-state index contributed by atoms with van der Waals surface area (Å²) in [5.41, 5.74) is 10.8. The molecule has 1 N–H and O–H groups in total. The lowest BCUT2D eigenvalue weighted by atomic mass is 9.72. The van der Waals surface area contributed by atoms with Crippen LogP contribution in [0.15, 0.2) is 63.6 Å². The highest BCUT2D eigenvalue weighted by Crippen LogP contribution is 2.63. The molecule has 212 valence electrons. The van der Waals surface area contributed by atoms with Gasteiger partial charge in [-0.2, -0.15) is 0 Å². The van der Waals surface area contributed by atoms with Crippen molar-refractivity contribution in [2.75, 3.05) is 0 Å². The van der Waals surface area contributed by atoms with E-state index < -0.39 is 0 Å². The van der Waals surface area contributed by atoms with Crippen LogP contribution >= 0.6 is 46.4 Å². The van der Waals surface area contributed by atoms with Crippen LogP contribution in [0.25, 0.3) is 22.1 Å². The van der Waals surface area contributed by atoms with Gasteiger partial charge in [-0.05, 0) is 101 Å². The number of hydrogen-bond acceptors (Lipinski definition) is 4. The number of aromatic nitrogens is 2. The highest BCUT2D eigenvalue weighted by Gasteiger charge is 2.56. The molecular formula is C34H28Cl4N4. The summed E-state index contributed by atoms with van der Waals surface area (Å²) in [6, 6.07) is 12.6. The third-order valence-corrected chi connectivity index (χ3v) is 10.7. The molecule has 1 heterocycles. The average molecular weight is 634 g/mol. The Kier molecular flexibility index (Phi) is 6.09. The Balaban J connectivity index is 1.43. The maximum Gasteiger partial charge on any atom is 0.0910 e. The monoisotopic (exact) mass is 632 g/mol. The number of hydrogen-bond donors (Lipinski definition) is 1.